The topological polar surface area (TPSA) is 49.3 Å². The molecular formula is C20H29NO2. The Morgan fingerprint density at radius 1 is 1.00 bits per heavy atom. The molecule has 0 spiro atoms. The summed E-state index contributed by atoms with van der Waals surface area (Å²) in [7, 11) is 0. The van der Waals surface area contributed by atoms with Gasteiger partial charge in [-0.25, -0.2) is 0 Å². The van der Waals surface area contributed by atoms with E-state index in [2.05, 4.69) is 36.5 Å². The van der Waals surface area contributed by atoms with E-state index in [0.717, 1.165) is 51.4 Å². The van der Waals surface area contributed by atoms with Crippen LogP contribution in [0.2, 0.25) is 0 Å². The quantitative estimate of drug-likeness (QED) is 0.894. The van der Waals surface area contributed by atoms with Crippen LogP contribution in [0, 0.1) is 12.8 Å². The summed E-state index contributed by atoms with van der Waals surface area (Å²) in [5.41, 5.74) is 2.84. The summed E-state index contributed by atoms with van der Waals surface area (Å²) in [6, 6.07) is 8.93. The second-order valence-electron chi connectivity index (χ2n) is 7.42. The highest BCUT2D eigenvalue weighted by Crippen LogP contribution is 2.37. The molecule has 1 aromatic carbocycles. The molecule has 2 fully saturated rings. The van der Waals surface area contributed by atoms with Crippen molar-refractivity contribution < 1.29 is 9.90 Å². The minimum atomic E-state index is -0.160. The van der Waals surface area contributed by atoms with E-state index in [0.29, 0.717) is 5.92 Å². The van der Waals surface area contributed by atoms with Gasteiger partial charge in [-0.05, 0) is 75.3 Å². The van der Waals surface area contributed by atoms with Crippen molar-refractivity contribution in [2.24, 2.45) is 5.92 Å². The normalized spacial score (nSPS) is 31.6. The van der Waals surface area contributed by atoms with Gasteiger partial charge in [0.1, 0.15) is 0 Å². The Kier molecular flexibility index (Phi) is 5.37. The Morgan fingerprint density at radius 2 is 1.65 bits per heavy atom. The lowest BCUT2D eigenvalue weighted by molar-refractivity contribution is -0.127. The average molecular weight is 315 g/mol. The van der Waals surface area contributed by atoms with E-state index in [4.69, 9.17) is 0 Å². The van der Waals surface area contributed by atoms with Gasteiger partial charge >= 0.3 is 0 Å². The van der Waals surface area contributed by atoms with Crippen molar-refractivity contribution in [2.75, 3.05) is 0 Å². The van der Waals surface area contributed by atoms with Crippen LogP contribution < -0.4 is 5.32 Å². The molecule has 2 N–H and O–H groups in total. The van der Waals surface area contributed by atoms with E-state index in [-0.39, 0.29) is 24.0 Å². The monoisotopic (exact) mass is 315 g/mol. The maximum Gasteiger partial charge on any atom is 0.223 e. The van der Waals surface area contributed by atoms with Crippen molar-refractivity contribution in [2.45, 2.75) is 76.4 Å². The maximum atomic E-state index is 12.5. The SMILES string of the molecule is Cc1ccccc1C1CCC(C(=O)NC2CCC(O)CC2)CC1. The Bertz CT molecular complexity index is 526. The van der Waals surface area contributed by atoms with Gasteiger partial charge in [0, 0.05) is 12.0 Å². The summed E-state index contributed by atoms with van der Waals surface area (Å²) in [6.45, 7) is 2.19. The molecule has 0 radical (unpaired) electrons. The van der Waals surface area contributed by atoms with Gasteiger partial charge in [0.05, 0.1) is 6.10 Å². The lowest BCUT2D eigenvalue weighted by Gasteiger charge is -2.31. The van der Waals surface area contributed by atoms with Crippen molar-refractivity contribution in [3.05, 3.63) is 35.4 Å². The van der Waals surface area contributed by atoms with E-state index >= 15 is 0 Å². The first kappa shape index (κ1) is 16.5. The van der Waals surface area contributed by atoms with Gasteiger partial charge in [-0.15, -0.1) is 0 Å². The molecular weight excluding hydrogens is 286 g/mol. The first-order valence-corrected chi connectivity index (χ1v) is 9.17. The van der Waals surface area contributed by atoms with Crippen molar-refractivity contribution in [3.63, 3.8) is 0 Å². The fourth-order valence-electron chi connectivity index (χ4n) is 4.25. The minimum Gasteiger partial charge on any atom is -0.393 e. The van der Waals surface area contributed by atoms with Crippen molar-refractivity contribution in [1.29, 1.82) is 0 Å². The van der Waals surface area contributed by atoms with E-state index in [1.165, 1.54) is 11.1 Å². The van der Waals surface area contributed by atoms with Crippen LogP contribution in [-0.2, 0) is 4.79 Å². The Hall–Kier alpha value is -1.35. The zero-order valence-corrected chi connectivity index (χ0v) is 14.1. The molecule has 3 nitrogen and oxygen atoms in total. The summed E-state index contributed by atoms with van der Waals surface area (Å²) in [5.74, 6) is 1.04. The van der Waals surface area contributed by atoms with Crippen LogP contribution in [0.5, 0.6) is 0 Å². The molecule has 0 aromatic heterocycles. The molecule has 3 heteroatoms. The van der Waals surface area contributed by atoms with E-state index in [1.807, 2.05) is 0 Å². The summed E-state index contributed by atoms with van der Waals surface area (Å²) in [4.78, 5) is 12.5. The number of aryl methyl sites for hydroxylation is 1. The van der Waals surface area contributed by atoms with Crippen molar-refractivity contribution >= 4 is 5.91 Å². The highest BCUT2D eigenvalue weighted by molar-refractivity contribution is 5.79. The van der Waals surface area contributed by atoms with Gasteiger partial charge in [-0.1, -0.05) is 24.3 Å². The van der Waals surface area contributed by atoms with E-state index in [1.54, 1.807) is 0 Å². The van der Waals surface area contributed by atoms with Gasteiger partial charge in [0.25, 0.3) is 0 Å². The molecule has 0 atom stereocenters. The number of carbonyl (C=O) groups is 1. The standard InChI is InChI=1S/C20H29NO2/c1-14-4-2-3-5-19(14)15-6-8-16(9-7-15)20(23)21-17-10-12-18(22)13-11-17/h2-5,15-18,22H,6-13H2,1H3,(H,21,23). The number of aliphatic hydroxyl groups excluding tert-OH is 1. The Balaban J connectivity index is 1.49. The zero-order chi connectivity index (χ0) is 16.2. The lowest BCUT2D eigenvalue weighted by atomic mass is 9.77. The maximum absolute atomic E-state index is 12.5. The fraction of sp³-hybridized carbons (Fsp3) is 0.650. The Labute approximate surface area is 139 Å². The Morgan fingerprint density at radius 3 is 2.30 bits per heavy atom. The molecule has 0 aliphatic heterocycles. The van der Waals surface area contributed by atoms with E-state index in [9.17, 15) is 9.90 Å². The second-order valence-corrected chi connectivity index (χ2v) is 7.42. The second kappa shape index (κ2) is 7.48. The van der Waals surface area contributed by atoms with Crippen LogP contribution in [0.15, 0.2) is 24.3 Å². The highest BCUT2D eigenvalue weighted by Gasteiger charge is 2.29. The molecule has 23 heavy (non-hydrogen) atoms. The van der Waals surface area contributed by atoms with Crippen molar-refractivity contribution in [3.8, 4) is 0 Å². The number of rotatable bonds is 3. The molecule has 0 heterocycles. The third-order valence-electron chi connectivity index (χ3n) is 5.77. The summed E-state index contributed by atoms with van der Waals surface area (Å²) >= 11 is 0. The van der Waals surface area contributed by atoms with Crippen LogP contribution in [0.3, 0.4) is 0 Å². The predicted molar refractivity (Wildman–Crippen MR) is 92.3 cm³/mol. The van der Waals surface area contributed by atoms with Gasteiger partial charge in [0.2, 0.25) is 5.91 Å². The number of hydrogen-bond donors (Lipinski definition) is 2. The molecule has 2 saturated carbocycles. The van der Waals surface area contributed by atoms with Gasteiger partial charge in [-0.2, -0.15) is 0 Å². The summed E-state index contributed by atoms with van der Waals surface area (Å²) < 4.78 is 0. The summed E-state index contributed by atoms with van der Waals surface area (Å²) in [5, 5.41) is 12.8. The predicted octanol–water partition coefficient (Wildman–Crippen LogP) is 3.69. The third-order valence-corrected chi connectivity index (χ3v) is 5.77. The smallest absolute Gasteiger partial charge is 0.223 e. The molecule has 1 amide bonds. The van der Waals surface area contributed by atoms with Gasteiger partial charge in [-0.3, -0.25) is 4.79 Å². The van der Waals surface area contributed by atoms with Crippen LogP contribution >= 0.6 is 0 Å². The lowest BCUT2D eigenvalue weighted by Crippen LogP contribution is -2.42. The molecule has 3 rings (SSSR count). The number of nitrogens with one attached hydrogen (secondary N) is 1. The van der Waals surface area contributed by atoms with E-state index < -0.39 is 0 Å². The zero-order valence-electron chi connectivity index (χ0n) is 14.1. The van der Waals surface area contributed by atoms with Crippen molar-refractivity contribution in [1.82, 2.24) is 5.32 Å². The number of carbonyl (C=O) groups excluding carboxylic acids is 1. The van der Waals surface area contributed by atoms with Gasteiger partial charge in [0.15, 0.2) is 0 Å². The molecule has 2 aliphatic rings. The first-order valence-electron chi connectivity index (χ1n) is 9.17. The molecule has 1 aromatic rings. The number of hydrogen-bond acceptors (Lipinski definition) is 2. The molecule has 126 valence electrons. The summed E-state index contributed by atoms with van der Waals surface area (Å²) in [6.07, 6.45) is 7.57. The number of aliphatic hydroxyl groups is 1. The van der Waals surface area contributed by atoms with Gasteiger partial charge < -0.3 is 10.4 Å². The number of amides is 1. The average Bonchev–Trinajstić information content (AvgIpc) is 2.57. The van der Waals surface area contributed by atoms with Crippen LogP contribution in [-0.4, -0.2) is 23.2 Å². The largest absolute Gasteiger partial charge is 0.393 e. The minimum absolute atomic E-state index is 0.160. The molecule has 2 aliphatic carbocycles. The third kappa shape index (κ3) is 4.14. The number of benzene rings is 1. The first-order chi connectivity index (χ1) is 11.1. The van der Waals surface area contributed by atoms with Crippen LogP contribution in [0.25, 0.3) is 0 Å². The molecule has 0 bridgehead atoms. The van der Waals surface area contributed by atoms with Crippen LogP contribution in [0.4, 0.5) is 0 Å². The molecule has 0 unspecified atom stereocenters. The van der Waals surface area contributed by atoms with Crippen LogP contribution in [0.1, 0.15) is 68.4 Å². The molecule has 0 saturated heterocycles. The highest BCUT2D eigenvalue weighted by atomic mass is 16.3. The fourth-order valence-corrected chi connectivity index (χ4v) is 4.25.